The molecule has 0 aliphatic heterocycles. The summed E-state index contributed by atoms with van der Waals surface area (Å²) < 4.78 is 6.81. The van der Waals surface area contributed by atoms with Crippen molar-refractivity contribution in [1.29, 1.82) is 0 Å². The highest BCUT2D eigenvalue weighted by Crippen LogP contribution is 2.45. The van der Waals surface area contributed by atoms with Crippen molar-refractivity contribution in [2.24, 2.45) is 11.3 Å². The van der Waals surface area contributed by atoms with E-state index in [1.807, 2.05) is 0 Å². The second kappa shape index (κ2) is 8.91. The minimum atomic E-state index is -1.79. The smallest absolute Gasteiger partial charge is 0.192 e. The predicted octanol–water partition coefficient (Wildman–Crippen LogP) is 6.48. The molecule has 2 rings (SSSR count). The molecule has 0 radical (unpaired) electrons. The number of nitrogens with zero attached hydrogens (tertiary/aromatic N) is 1. The van der Waals surface area contributed by atoms with Crippen molar-refractivity contribution in [3.8, 4) is 0 Å². The molecular weight excluding hydrogens is 383 g/mol. The summed E-state index contributed by atoms with van der Waals surface area (Å²) in [6.45, 7) is 14.4. The molecule has 148 valence electrons. The van der Waals surface area contributed by atoms with Gasteiger partial charge in [-0.05, 0) is 35.9 Å². The molecule has 1 unspecified atom stereocenters. The molecule has 3 atom stereocenters. The van der Waals surface area contributed by atoms with Crippen LogP contribution in [-0.2, 0) is 4.43 Å². The topological polar surface area (TPSA) is 34.1 Å². The zero-order chi connectivity index (χ0) is 19.5. The maximum Gasteiger partial charge on any atom is 0.192 e. The van der Waals surface area contributed by atoms with Gasteiger partial charge in [0.1, 0.15) is 0 Å². The molecule has 0 bridgehead atoms. The van der Waals surface area contributed by atoms with E-state index in [2.05, 4.69) is 51.8 Å². The van der Waals surface area contributed by atoms with Crippen LogP contribution in [0.4, 0.5) is 0 Å². The van der Waals surface area contributed by atoms with Crippen molar-refractivity contribution in [3.05, 3.63) is 28.0 Å². The van der Waals surface area contributed by atoms with Crippen LogP contribution in [0, 0.1) is 11.3 Å². The Morgan fingerprint density at radius 2 is 1.69 bits per heavy atom. The molecule has 1 aromatic heterocycles. The van der Waals surface area contributed by atoms with E-state index in [9.17, 15) is 0 Å². The van der Waals surface area contributed by atoms with Gasteiger partial charge in [0, 0.05) is 30.5 Å². The predicted molar refractivity (Wildman–Crippen MR) is 115 cm³/mol. The van der Waals surface area contributed by atoms with Gasteiger partial charge < -0.3 is 9.74 Å². The van der Waals surface area contributed by atoms with E-state index < -0.39 is 8.32 Å². The lowest BCUT2D eigenvalue weighted by Crippen LogP contribution is -2.40. The van der Waals surface area contributed by atoms with E-state index in [1.54, 1.807) is 12.4 Å². The third-order valence-electron chi connectivity index (χ3n) is 6.01. The molecular formula is C20H34Cl2N2OSi. The fourth-order valence-corrected chi connectivity index (χ4v) is 7.28. The van der Waals surface area contributed by atoms with E-state index in [0.29, 0.717) is 21.5 Å². The van der Waals surface area contributed by atoms with Gasteiger partial charge in [0.05, 0.1) is 16.1 Å². The van der Waals surface area contributed by atoms with Gasteiger partial charge in [0.25, 0.3) is 0 Å². The summed E-state index contributed by atoms with van der Waals surface area (Å²) in [5.74, 6) is 0.720. The van der Waals surface area contributed by atoms with Crippen LogP contribution in [0.5, 0.6) is 0 Å². The molecule has 1 N–H and O–H groups in total. The van der Waals surface area contributed by atoms with Crippen molar-refractivity contribution < 1.29 is 4.43 Å². The Morgan fingerprint density at radius 3 is 2.12 bits per heavy atom. The number of pyridine rings is 1. The highest BCUT2D eigenvalue weighted by molar-refractivity contribution is 6.73. The Balaban J connectivity index is 2.20. The third kappa shape index (κ3) is 5.23. The van der Waals surface area contributed by atoms with Gasteiger partial charge in [-0.25, -0.2) is 0 Å². The lowest BCUT2D eigenvalue weighted by atomic mass is 9.90. The second-order valence-corrected chi connectivity index (χ2v) is 14.1. The monoisotopic (exact) mass is 416 g/mol. The van der Waals surface area contributed by atoms with Crippen molar-refractivity contribution in [1.82, 2.24) is 10.3 Å². The summed E-state index contributed by atoms with van der Waals surface area (Å²) in [5, 5.41) is 4.91. The number of aromatic nitrogens is 1. The van der Waals surface area contributed by atoms with Crippen LogP contribution >= 0.6 is 23.2 Å². The van der Waals surface area contributed by atoms with Crippen LogP contribution in [0.2, 0.25) is 28.2 Å². The van der Waals surface area contributed by atoms with Crippen LogP contribution in [0.1, 0.15) is 59.6 Å². The van der Waals surface area contributed by atoms with E-state index in [0.717, 1.165) is 36.2 Å². The summed E-state index contributed by atoms with van der Waals surface area (Å²) in [6, 6.07) is 3.86. The first-order chi connectivity index (χ1) is 12.2. The Hall–Kier alpha value is -0.133. The van der Waals surface area contributed by atoms with Crippen LogP contribution in [0.3, 0.4) is 0 Å². The molecule has 0 aromatic carbocycles. The SMILES string of the molecule is CC[Si](CC)(CC)OC(CN[C@H]1C[C@@H]1C(C)(C)C)c1c(Cl)cncc1Cl. The molecule has 3 nitrogen and oxygen atoms in total. The molecule has 0 amide bonds. The summed E-state index contributed by atoms with van der Waals surface area (Å²) >= 11 is 13.0. The van der Waals surface area contributed by atoms with Gasteiger partial charge >= 0.3 is 0 Å². The minimum Gasteiger partial charge on any atom is -0.409 e. The van der Waals surface area contributed by atoms with Crippen LogP contribution in [-0.4, -0.2) is 25.9 Å². The zero-order valence-corrected chi connectivity index (χ0v) is 19.5. The first-order valence-electron chi connectivity index (χ1n) is 9.87. The molecule has 1 heterocycles. The van der Waals surface area contributed by atoms with E-state index in [1.165, 1.54) is 6.42 Å². The Labute approximate surface area is 170 Å². The van der Waals surface area contributed by atoms with Crippen LogP contribution in [0.25, 0.3) is 0 Å². The second-order valence-electron chi connectivity index (χ2n) is 8.59. The number of hydrogen-bond acceptors (Lipinski definition) is 3. The molecule has 26 heavy (non-hydrogen) atoms. The minimum absolute atomic E-state index is 0.120. The van der Waals surface area contributed by atoms with Gasteiger partial charge in [-0.3, -0.25) is 4.98 Å². The van der Waals surface area contributed by atoms with Crippen molar-refractivity contribution >= 4 is 31.5 Å². The van der Waals surface area contributed by atoms with Crippen molar-refractivity contribution in [3.63, 3.8) is 0 Å². The van der Waals surface area contributed by atoms with Gasteiger partial charge in [0.2, 0.25) is 0 Å². The van der Waals surface area contributed by atoms with Crippen LogP contribution in [0.15, 0.2) is 12.4 Å². The summed E-state index contributed by atoms with van der Waals surface area (Å²) in [5.41, 5.74) is 1.23. The average molecular weight is 417 g/mol. The molecule has 1 aromatic rings. The van der Waals surface area contributed by atoms with Gasteiger partial charge in [-0.15, -0.1) is 0 Å². The summed E-state index contributed by atoms with van der Waals surface area (Å²) in [4.78, 5) is 4.11. The molecule has 1 fully saturated rings. The lowest BCUT2D eigenvalue weighted by Gasteiger charge is -2.34. The molecule has 0 spiro atoms. The standard InChI is InChI=1S/C20H34Cl2N2OSi/c1-7-26(8-2,9-3)25-18(19-15(21)11-23-12-16(19)22)13-24-17-10-14(17)20(4,5)6/h11-12,14,17-18,24H,7-10,13H2,1-6H3/t14-,17-,18?/m0/s1. The quantitative estimate of drug-likeness (QED) is 0.467. The lowest BCUT2D eigenvalue weighted by molar-refractivity contribution is 0.183. The number of rotatable bonds is 9. The molecule has 0 saturated heterocycles. The number of nitrogens with one attached hydrogen (secondary N) is 1. The average Bonchev–Trinajstić information content (AvgIpc) is 3.37. The molecule has 6 heteroatoms. The van der Waals surface area contributed by atoms with E-state index >= 15 is 0 Å². The first kappa shape index (κ1) is 22.2. The van der Waals surface area contributed by atoms with Crippen molar-refractivity contribution in [2.45, 2.75) is 78.2 Å². The Morgan fingerprint density at radius 1 is 1.15 bits per heavy atom. The highest BCUT2D eigenvalue weighted by atomic mass is 35.5. The van der Waals surface area contributed by atoms with E-state index in [4.69, 9.17) is 27.6 Å². The summed E-state index contributed by atoms with van der Waals surface area (Å²) in [7, 11) is -1.79. The summed E-state index contributed by atoms with van der Waals surface area (Å²) in [6.07, 6.45) is 4.44. The largest absolute Gasteiger partial charge is 0.409 e. The van der Waals surface area contributed by atoms with Gasteiger partial charge in [0.15, 0.2) is 8.32 Å². The maximum absolute atomic E-state index is 6.81. The zero-order valence-electron chi connectivity index (χ0n) is 17.0. The highest BCUT2D eigenvalue weighted by Gasteiger charge is 2.45. The van der Waals surface area contributed by atoms with E-state index in [-0.39, 0.29) is 6.10 Å². The van der Waals surface area contributed by atoms with Gasteiger partial charge in [-0.2, -0.15) is 0 Å². The third-order valence-corrected chi connectivity index (χ3v) is 11.3. The van der Waals surface area contributed by atoms with Crippen LogP contribution < -0.4 is 5.32 Å². The fourth-order valence-electron chi connectivity index (χ4n) is 3.87. The fraction of sp³-hybridized carbons (Fsp3) is 0.750. The maximum atomic E-state index is 6.81. The van der Waals surface area contributed by atoms with Gasteiger partial charge in [-0.1, -0.05) is 64.7 Å². The normalized spacial score (nSPS) is 21.7. The Bertz CT molecular complexity index is 573. The first-order valence-corrected chi connectivity index (χ1v) is 13.2. The number of hydrogen-bond donors (Lipinski definition) is 1. The van der Waals surface area contributed by atoms with Crippen molar-refractivity contribution in [2.75, 3.05) is 6.54 Å². The molecule has 1 saturated carbocycles. The number of halogens is 2. The molecule has 1 aliphatic carbocycles. The Kier molecular flexibility index (Phi) is 7.60. The molecule has 1 aliphatic rings.